The second-order valence-corrected chi connectivity index (χ2v) is 4.60. The lowest BCUT2D eigenvalue weighted by Crippen LogP contribution is -2.51. The Hall–Kier alpha value is -1.44. The predicted molar refractivity (Wildman–Crippen MR) is 66.2 cm³/mol. The van der Waals surface area contributed by atoms with E-state index < -0.39 is 0 Å². The molecule has 1 aliphatic rings. The van der Waals surface area contributed by atoms with Crippen LogP contribution in [0.1, 0.15) is 12.0 Å². The lowest BCUT2D eigenvalue weighted by molar-refractivity contribution is 0.0859. The first-order chi connectivity index (χ1) is 8.29. The van der Waals surface area contributed by atoms with Gasteiger partial charge in [-0.2, -0.15) is 5.26 Å². The van der Waals surface area contributed by atoms with Gasteiger partial charge in [-0.1, -0.05) is 0 Å². The number of likely N-dealkylation sites (N-methyl/N-ethyl adjacent to an activating group) is 1. The molecule has 0 saturated carbocycles. The van der Waals surface area contributed by atoms with Crippen LogP contribution in [0.3, 0.4) is 0 Å². The summed E-state index contributed by atoms with van der Waals surface area (Å²) in [4.78, 5) is 8.72. The normalized spacial score (nSPS) is 22.2. The Balaban J connectivity index is 2.01. The van der Waals surface area contributed by atoms with E-state index in [0.717, 1.165) is 26.2 Å². The van der Waals surface area contributed by atoms with Crippen molar-refractivity contribution in [2.45, 2.75) is 19.0 Å². The Kier molecular flexibility index (Phi) is 4.08. The summed E-state index contributed by atoms with van der Waals surface area (Å²) in [6, 6.07) is 6.73. The highest BCUT2D eigenvalue weighted by atomic mass is 15.3. The van der Waals surface area contributed by atoms with Gasteiger partial charge >= 0.3 is 0 Å². The maximum atomic E-state index is 8.88. The van der Waals surface area contributed by atoms with E-state index in [9.17, 15) is 0 Å². The molecule has 1 unspecified atom stereocenters. The van der Waals surface area contributed by atoms with Gasteiger partial charge in [0.25, 0.3) is 0 Å². The molecule has 1 fully saturated rings. The van der Waals surface area contributed by atoms with Gasteiger partial charge in [0, 0.05) is 44.6 Å². The van der Waals surface area contributed by atoms with Gasteiger partial charge in [0.05, 0.1) is 12.5 Å². The van der Waals surface area contributed by atoms with Gasteiger partial charge < -0.3 is 4.90 Å². The van der Waals surface area contributed by atoms with Crippen LogP contribution in [0.2, 0.25) is 0 Å². The van der Waals surface area contributed by atoms with Crippen molar-refractivity contribution in [1.82, 2.24) is 14.8 Å². The van der Waals surface area contributed by atoms with Crippen LogP contribution in [0.25, 0.3) is 0 Å². The molecule has 1 saturated heterocycles. The Labute approximate surface area is 102 Å². The molecule has 90 valence electrons. The van der Waals surface area contributed by atoms with E-state index >= 15 is 0 Å². The summed E-state index contributed by atoms with van der Waals surface area (Å²) in [6.45, 7) is 4.01. The standard InChI is InChI=1S/C13H18N4/c1-16-8-9-17(13(11-16)2-5-14)10-12-3-6-15-7-4-12/h3-4,6-7,13H,2,8-11H2,1H3. The highest BCUT2D eigenvalue weighted by Gasteiger charge is 2.24. The molecular formula is C13H18N4. The Morgan fingerprint density at radius 2 is 2.18 bits per heavy atom. The first-order valence-electron chi connectivity index (χ1n) is 5.98. The molecule has 1 aromatic heterocycles. The topological polar surface area (TPSA) is 43.2 Å². The van der Waals surface area contributed by atoms with Gasteiger partial charge in [-0.05, 0) is 24.7 Å². The number of piperazine rings is 1. The van der Waals surface area contributed by atoms with Crippen molar-refractivity contribution >= 4 is 0 Å². The van der Waals surface area contributed by atoms with Crippen LogP contribution in [0, 0.1) is 11.3 Å². The molecule has 2 heterocycles. The van der Waals surface area contributed by atoms with Crippen molar-refractivity contribution in [3.63, 3.8) is 0 Å². The van der Waals surface area contributed by atoms with Gasteiger partial charge in [-0.25, -0.2) is 0 Å². The zero-order valence-corrected chi connectivity index (χ0v) is 10.2. The second kappa shape index (κ2) is 5.76. The van der Waals surface area contributed by atoms with Gasteiger partial charge in [0.1, 0.15) is 0 Å². The van der Waals surface area contributed by atoms with E-state index in [1.165, 1.54) is 5.56 Å². The van der Waals surface area contributed by atoms with Gasteiger partial charge in [0.2, 0.25) is 0 Å². The van der Waals surface area contributed by atoms with Crippen LogP contribution in [-0.4, -0.2) is 47.5 Å². The lowest BCUT2D eigenvalue weighted by Gasteiger charge is -2.39. The van der Waals surface area contributed by atoms with Crippen molar-refractivity contribution in [2.75, 3.05) is 26.7 Å². The first kappa shape index (κ1) is 12.0. The lowest BCUT2D eigenvalue weighted by atomic mass is 10.1. The zero-order chi connectivity index (χ0) is 12.1. The van der Waals surface area contributed by atoms with E-state index in [2.05, 4.69) is 27.9 Å². The molecule has 2 rings (SSSR count). The van der Waals surface area contributed by atoms with Gasteiger partial charge in [-0.3, -0.25) is 9.88 Å². The number of hydrogen-bond acceptors (Lipinski definition) is 4. The summed E-state index contributed by atoms with van der Waals surface area (Å²) in [7, 11) is 2.12. The van der Waals surface area contributed by atoms with E-state index in [-0.39, 0.29) is 0 Å². The molecular weight excluding hydrogens is 212 g/mol. The second-order valence-electron chi connectivity index (χ2n) is 4.60. The molecule has 0 amide bonds. The third-order valence-electron chi connectivity index (χ3n) is 3.27. The third-order valence-corrected chi connectivity index (χ3v) is 3.27. The van der Waals surface area contributed by atoms with Gasteiger partial charge in [-0.15, -0.1) is 0 Å². The summed E-state index contributed by atoms with van der Waals surface area (Å²) in [6.07, 6.45) is 4.25. The summed E-state index contributed by atoms with van der Waals surface area (Å²) < 4.78 is 0. The van der Waals surface area contributed by atoms with Crippen LogP contribution in [0.4, 0.5) is 0 Å². The third kappa shape index (κ3) is 3.26. The number of hydrogen-bond donors (Lipinski definition) is 0. The maximum Gasteiger partial charge on any atom is 0.0638 e. The Morgan fingerprint density at radius 1 is 1.41 bits per heavy atom. The van der Waals surface area contributed by atoms with Crippen LogP contribution < -0.4 is 0 Å². The largest absolute Gasteiger partial charge is 0.304 e. The van der Waals surface area contributed by atoms with Crippen LogP contribution in [0.5, 0.6) is 0 Å². The van der Waals surface area contributed by atoms with E-state index in [1.807, 2.05) is 24.5 Å². The fourth-order valence-corrected chi connectivity index (χ4v) is 2.28. The van der Waals surface area contributed by atoms with E-state index in [4.69, 9.17) is 5.26 Å². The summed E-state index contributed by atoms with van der Waals surface area (Å²) in [5.41, 5.74) is 1.27. The average molecular weight is 230 g/mol. The molecule has 1 aromatic rings. The van der Waals surface area contributed by atoms with Crippen LogP contribution >= 0.6 is 0 Å². The maximum absolute atomic E-state index is 8.88. The van der Waals surface area contributed by atoms with E-state index in [0.29, 0.717) is 12.5 Å². The minimum absolute atomic E-state index is 0.354. The SMILES string of the molecule is CN1CCN(Cc2ccncc2)C(CC#N)C1. The number of nitrogens with zero attached hydrogens (tertiary/aromatic N) is 4. The number of aromatic nitrogens is 1. The molecule has 0 radical (unpaired) electrons. The molecule has 4 heteroatoms. The van der Waals surface area contributed by atoms with Crippen molar-refractivity contribution in [2.24, 2.45) is 0 Å². The minimum Gasteiger partial charge on any atom is -0.304 e. The van der Waals surface area contributed by atoms with Crippen molar-refractivity contribution in [1.29, 1.82) is 5.26 Å². The number of rotatable bonds is 3. The Bertz CT molecular complexity index is 384. The molecule has 0 aromatic carbocycles. The Morgan fingerprint density at radius 3 is 2.88 bits per heavy atom. The monoisotopic (exact) mass is 230 g/mol. The minimum atomic E-state index is 0.354. The fourth-order valence-electron chi connectivity index (χ4n) is 2.28. The summed E-state index contributed by atoms with van der Waals surface area (Å²) in [5.74, 6) is 0. The fraction of sp³-hybridized carbons (Fsp3) is 0.538. The molecule has 1 atom stereocenters. The molecule has 0 aliphatic carbocycles. The quantitative estimate of drug-likeness (QED) is 0.780. The van der Waals surface area contributed by atoms with Crippen LogP contribution in [-0.2, 0) is 6.54 Å². The van der Waals surface area contributed by atoms with Crippen molar-refractivity contribution in [3.8, 4) is 6.07 Å². The van der Waals surface area contributed by atoms with Crippen molar-refractivity contribution < 1.29 is 0 Å². The molecule has 4 nitrogen and oxygen atoms in total. The van der Waals surface area contributed by atoms with Crippen molar-refractivity contribution in [3.05, 3.63) is 30.1 Å². The first-order valence-corrected chi connectivity index (χ1v) is 5.98. The zero-order valence-electron chi connectivity index (χ0n) is 10.2. The smallest absolute Gasteiger partial charge is 0.0638 e. The molecule has 0 spiro atoms. The summed E-state index contributed by atoms with van der Waals surface area (Å²) in [5, 5.41) is 8.88. The molecule has 17 heavy (non-hydrogen) atoms. The summed E-state index contributed by atoms with van der Waals surface area (Å²) >= 11 is 0. The number of nitriles is 1. The molecule has 0 bridgehead atoms. The van der Waals surface area contributed by atoms with Crippen LogP contribution in [0.15, 0.2) is 24.5 Å². The van der Waals surface area contributed by atoms with E-state index in [1.54, 1.807) is 0 Å². The highest BCUT2D eigenvalue weighted by Crippen LogP contribution is 2.14. The van der Waals surface area contributed by atoms with Gasteiger partial charge in [0.15, 0.2) is 0 Å². The average Bonchev–Trinajstić information content (AvgIpc) is 2.34. The number of pyridine rings is 1. The predicted octanol–water partition coefficient (Wildman–Crippen LogP) is 1.11. The molecule has 1 aliphatic heterocycles. The molecule has 0 N–H and O–H groups in total. The highest BCUT2D eigenvalue weighted by molar-refractivity contribution is 5.10.